The Kier molecular flexibility index (Phi) is 7.40. The van der Waals surface area contributed by atoms with Crippen molar-refractivity contribution in [2.75, 3.05) is 31.1 Å². The fraction of sp³-hybridized carbons (Fsp3) is 0.542. The third kappa shape index (κ3) is 4.97. The predicted molar refractivity (Wildman–Crippen MR) is 119 cm³/mol. The Balaban J connectivity index is 1.74. The zero-order chi connectivity index (χ0) is 21.7. The number of anilines is 1. The molecular weight excluding hydrogens is 379 g/mol. The third-order valence-corrected chi connectivity index (χ3v) is 6.09. The van der Waals surface area contributed by atoms with Crippen molar-refractivity contribution in [3.8, 4) is 11.4 Å². The molecule has 1 aromatic heterocycles. The summed E-state index contributed by atoms with van der Waals surface area (Å²) in [6.45, 7) is 11.2. The van der Waals surface area contributed by atoms with E-state index < -0.39 is 0 Å². The lowest BCUT2D eigenvalue weighted by atomic mass is 9.97. The standard InChI is InChI=1S/C24H33FN4O/c1-5-7-9-19(6-2)24(30)29-14-12-28(13-15-29)23-17(3)18(4)26-22(27-23)20-10-8-11-21(25)16-20/h8,10-11,16,19H,5-7,9,12-15H2,1-4H3. The summed E-state index contributed by atoms with van der Waals surface area (Å²) in [6.07, 6.45) is 4.11. The number of aryl methyl sites for hydroxylation is 1. The molecule has 2 aromatic rings. The molecule has 6 heteroatoms. The van der Waals surface area contributed by atoms with Crippen molar-refractivity contribution in [3.05, 3.63) is 41.3 Å². The van der Waals surface area contributed by atoms with E-state index in [9.17, 15) is 9.18 Å². The summed E-state index contributed by atoms with van der Waals surface area (Å²) < 4.78 is 13.7. The SMILES string of the molecule is CCCCC(CC)C(=O)N1CCN(c2nc(-c3cccc(F)c3)nc(C)c2C)CC1. The Labute approximate surface area is 179 Å². The number of amides is 1. The zero-order valence-corrected chi connectivity index (χ0v) is 18.6. The van der Waals surface area contributed by atoms with Gasteiger partial charge in [-0.1, -0.05) is 38.8 Å². The van der Waals surface area contributed by atoms with Crippen LogP contribution in [0.2, 0.25) is 0 Å². The van der Waals surface area contributed by atoms with Crippen LogP contribution in [0, 0.1) is 25.6 Å². The molecule has 0 radical (unpaired) electrons. The smallest absolute Gasteiger partial charge is 0.225 e. The van der Waals surface area contributed by atoms with E-state index in [-0.39, 0.29) is 11.7 Å². The van der Waals surface area contributed by atoms with Crippen LogP contribution >= 0.6 is 0 Å². The molecule has 0 bridgehead atoms. The summed E-state index contributed by atoms with van der Waals surface area (Å²) in [6, 6.07) is 6.39. The van der Waals surface area contributed by atoms with Gasteiger partial charge in [0.25, 0.3) is 0 Å². The third-order valence-electron chi connectivity index (χ3n) is 6.09. The maximum absolute atomic E-state index is 13.7. The Hall–Kier alpha value is -2.50. The van der Waals surface area contributed by atoms with Crippen LogP contribution in [0.1, 0.15) is 50.8 Å². The summed E-state index contributed by atoms with van der Waals surface area (Å²) in [5.74, 6) is 1.56. The van der Waals surface area contributed by atoms with Gasteiger partial charge in [-0.3, -0.25) is 4.79 Å². The van der Waals surface area contributed by atoms with Gasteiger partial charge in [0, 0.05) is 48.9 Å². The van der Waals surface area contributed by atoms with Crippen LogP contribution in [-0.2, 0) is 4.79 Å². The van der Waals surface area contributed by atoms with Gasteiger partial charge in [0.05, 0.1) is 0 Å². The molecule has 0 saturated carbocycles. The van der Waals surface area contributed by atoms with Gasteiger partial charge in [-0.2, -0.15) is 0 Å². The molecule has 1 aromatic carbocycles. The van der Waals surface area contributed by atoms with E-state index in [1.165, 1.54) is 12.1 Å². The number of nitrogens with zero attached hydrogens (tertiary/aromatic N) is 4. The summed E-state index contributed by atoms with van der Waals surface area (Å²) in [5, 5.41) is 0. The average Bonchev–Trinajstić information content (AvgIpc) is 2.76. The minimum Gasteiger partial charge on any atom is -0.353 e. The number of carbonyl (C=O) groups excluding carboxylic acids is 1. The molecule has 1 aliphatic heterocycles. The lowest BCUT2D eigenvalue weighted by Crippen LogP contribution is -2.50. The summed E-state index contributed by atoms with van der Waals surface area (Å²) in [4.78, 5) is 26.5. The second kappa shape index (κ2) is 10.0. The van der Waals surface area contributed by atoms with Crippen molar-refractivity contribution in [3.63, 3.8) is 0 Å². The first-order chi connectivity index (χ1) is 14.4. The number of benzene rings is 1. The number of hydrogen-bond acceptors (Lipinski definition) is 4. The number of unbranched alkanes of at least 4 members (excludes halogenated alkanes) is 1. The van der Waals surface area contributed by atoms with E-state index in [1.807, 2.05) is 24.8 Å². The van der Waals surface area contributed by atoms with Crippen LogP contribution in [0.3, 0.4) is 0 Å². The van der Waals surface area contributed by atoms with Crippen molar-refractivity contribution >= 4 is 11.7 Å². The number of aromatic nitrogens is 2. The Morgan fingerprint density at radius 3 is 2.50 bits per heavy atom. The summed E-state index contributed by atoms with van der Waals surface area (Å²) in [5.41, 5.74) is 2.60. The molecule has 0 N–H and O–H groups in total. The van der Waals surface area contributed by atoms with Gasteiger partial charge >= 0.3 is 0 Å². The van der Waals surface area contributed by atoms with Gasteiger partial charge in [0.2, 0.25) is 5.91 Å². The summed E-state index contributed by atoms with van der Waals surface area (Å²) >= 11 is 0. The van der Waals surface area contributed by atoms with Gasteiger partial charge < -0.3 is 9.80 Å². The van der Waals surface area contributed by atoms with Gasteiger partial charge in [0.1, 0.15) is 11.6 Å². The predicted octanol–water partition coefficient (Wildman–Crippen LogP) is 4.76. The Bertz CT molecular complexity index is 878. The van der Waals surface area contributed by atoms with Gasteiger partial charge in [0.15, 0.2) is 5.82 Å². The highest BCUT2D eigenvalue weighted by atomic mass is 19.1. The number of rotatable bonds is 7. The van der Waals surface area contributed by atoms with E-state index in [4.69, 9.17) is 4.98 Å². The van der Waals surface area contributed by atoms with E-state index in [0.29, 0.717) is 30.4 Å². The highest BCUT2D eigenvalue weighted by Gasteiger charge is 2.27. The van der Waals surface area contributed by atoms with Crippen LogP contribution in [0.5, 0.6) is 0 Å². The lowest BCUT2D eigenvalue weighted by molar-refractivity contribution is -0.136. The van der Waals surface area contributed by atoms with E-state index in [1.54, 1.807) is 6.07 Å². The fourth-order valence-electron chi connectivity index (χ4n) is 4.03. The average molecular weight is 413 g/mol. The molecule has 3 rings (SSSR count). The maximum atomic E-state index is 13.7. The molecular formula is C24H33FN4O. The van der Waals surface area contributed by atoms with Crippen molar-refractivity contribution in [2.24, 2.45) is 5.92 Å². The highest BCUT2D eigenvalue weighted by molar-refractivity contribution is 5.79. The van der Waals surface area contributed by atoms with Crippen LogP contribution in [0.15, 0.2) is 24.3 Å². The zero-order valence-electron chi connectivity index (χ0n) is 18.6. The topological polar surface area (TPSA) is 49.3 Å². The molecule has 1 saturated heterocycles. The monoisotopic (exact) mass is 412 g/mol. The first-order valence-corrected chi connectivity index (χ1v) is 11.1. The van der Waals surface area contributed by atoms with Crippen molar-refractivity contribution in [1.29, 1.82) is 0 Å². The quantitative estimate of drug-likeness (QED) is 0.658. The molecule has 1 amide bonds. The maximum Gasteiger partial charge on any atom is 0.225 e. The van der Waals surface area contributed by atoms with Crippen molar-refractivity contribution in [2.45, 2.75) is 53.4 Å². The first kappa shape index (κ1) is 22.2. The molecule has 5 nitrogen and oxygen atoms in total. The lowest BCUT2D eigenvalue weighted by Gasteiger charge is -2.37. The molecule has 162 valence electrons. The number of piperazine rings is 1. The van der Waals surface area contributed by atoms with E-state index in [2.05, 4.69) is 23.7 Å². The van der Waals surface area contributed by atoms with Crippen molar-refractivity contribution in [1.82, 2.24) is 14.9 Å². The molecule has 2 heterocycles. The number of hydrogen-bond donors (Lipinski definition) is 0. The minimum atomic E-state index is -0.295. The first-order valence-electron chi connectivity index (χ1n) is 11.1. The van der Waals surface area contributed by atoms with Gasteiger partial charge in [-0.25, -0.2) is 14.4 Å². The van der Waals surface area contributed by atoms with E-state index in [0.717, 1.165) is 55.8 Å². The van der Waals surface area contributed by atoms with Crippen LogP contribution in [0.25, 0.3) is 11.4 Å². The Morgan fingerprint density at radius 1 is 1.13 bits per heavy atom. The molecule has 0 aliphatic carbocycles. The number of halogens is 1. The second-order valence-corrected chi connectivity index (χ2v) is 8.15. The second-order valence-electron chi connectivity index (χ2n) is 8.15. The van der Waals surface area contributed by atoms with Crippen molar-refractivity contribution < 1.29 is 9.18 Å². The minimum absolute atomic E-state index is 0.138. The van der Waals surface area contributed by atoms with E-state index >= 15 is 0 Å². The molecule has 30 heavy (non-hydrogen) atoms. The molecule has 1 aliphatic rings. The molecule has 1 fully saturated rings. The van der Waals surface area contributed by atoms with Crippen LogP contribution in [0.4, 0.5) is 10.2 Å². The van der Waals surface area contributed by atoms with Crippen LogP contribution < -0.4 is 4.90 Å². The largest absolute Gasteiger partial charge is 0.353 e. The molecule has 0 spiro atoms. The van der Waals surface area contributed by atoms with Gasteiger partial charge in [-0.05, 0) is 38.8 Å². The normalized spacial score (nSPS) is 15.4. The molecule has 1 unspecified atom stereocenters. The summed E-state index contributed by atoms with van der Waals surface area (Å²) in [7, 11) is 0. The fourth-order valence-corrected chi connectivity index (χ4v) is 4.03. The van der Waals surface area contributed by atoms with Crippen LogP contribution in [-0.4, -0.2) is 47.0 Å². The number of carbonyl (C=O) groups is 1. The Morgan fingerprint density at radius 2 is 1.87 bits per heavy atom. The highest BCUT2D eigenvalue weighted by Crippen LogP contribution is 2.26. The molecule has 1 atom stereocenters. The van der Waals surface area contributed by atoms with Gasteiger partial charge in [-0.15, -0.1) is 0 Å².